The highest BCUT2D eigenvalue weighted by Gasteiger charge is 2.05. The zero-order valence-electron chi connectivity index (χ0n) is 6.55. The largest absolute Gasteiger partial charge is 0.322 e. The number of amides is 1. The third kappa shape index (κ3) is 2.84. The van der Waals surface area contributed by atoms with Gasteiger partial charge in [-0.25, -0.2) is 4.98 Å². The summed E-state index contributed by atoms with van der Waals surface area (Å²) in [5.74, 6) is -0.328. The topological polar surface area (TPSA) is 68.0 Å². The van der Waals surface area contributed by atoms with Crippen molar-refractivity contribution in [1.29, 1.82) is 0 Å². The van der Waals surface area contributed by atoms with Crippen molar-refractivity contribution in [3.05, 3.63) is 22.4 Å². The van der Waals surface area contributed by atoms with Gasteiger partial charge in [0.05, 0.1) is 12.2 Å². The summed E-state index contributed by atoms with van der Waals surface area (Å²) >= 11 is 11.2. The van der Waals surface area contributed by atoms with Crippen molar-refractivity contribution in [2.45, 2.75) is 0 Å². The lowest BCUT2D eigenvalue weighted by Crippen LogP contribution is -2.22. The summed E-state index contributed by atoms with van der Waals surface area (Å²) < 4.78 is 0. The molecule has 0 atom stereocenters. The highest BCUT2D eigenvalue weighted by molar-refractivity contribution is 6.34. The van der Waals surface area contributed by atoms with Gasteiger partial charge < -0.3 is 11.1 Å². The minimum Gasteiger partial charge on any atom is -0.322 e. The number of nitrogens with zero attached hydrogens (tertiary/aromatic N) is 1. The zero-order chi connectivity index (χ0) is 9.84. The molecule has 0 spiro atoms. The third-order valence-corrected chi connectivity index (χ3v) is 1.77. The van der Waals surface area contributed by atoms with Crippen LogP contribution < -0.4 is 11.1 Å². The predicted molar refractivity (Wildman–Crippen MR) is 51.9 cm³/mol. The van der Waals surface area contributed by atoms with Gasteiger partial charge in [0.25, 0.3) is 0 Å². The molecule has 0 unspecified atom stereocenters. The van der Waals surface area contributed by atoms with E-state index in [4.69, 9.17) is 28.9 Å². The third-order valence-electron chi connectivity index (χ3n) is 1.27. The van der Waals surface area contributed by atoms with Crippen LogP contribution in [0.3, 0.4) is 0 Å². The molecule has 0 radical (unpaired) electrons. The maximum Gasteiger partial charge on any atom is 0.238 e. The molecule has 1 aromatic rings. The number of aromatic nitrogens is 1. The number of nitrogens with one attached hydrogen (secondary N) is 1. The smallest absolute Gasteiger partial charge is 0.238 e. The summed E-state index contributed by atoms with van der Waals surface area (Å²) in [6.45, 7) is -0.0983. The molecule has 1 rings (SSSR count). The second-order valence-electron chi connectivity index (χ2n) is 2.22. The Morgan fingerprint density at radius 3 is 2.77 bits per heavy atom. The zero-order valence-corrected chi connectivity index (χ0v) is 8.06. The van der Waals surface area contributed by atoms with Gasteiger partial charge in [-0.05, 0) is 12.1 Å². The van der Waals surface area contributed by atoms with Gasteiger partial charge in [-0.15, -0.1) is 0 Å². The minimum absolute atomic E-state index is 0.0983. The molecule has 6 heteroatoms. The predicted octanol–water partition coefficient (Wildman–Crippen LogP) is 1.29. The quantitative estimate of drug-likeness (QED) is 0.737. The number of hydrogen-bond donors (Lipinski definition) is 2. The second kappa shape index (κ2) is 4.41. The molecule has 0 aliphatic heterocycles. The Kier molecular flexibility index (Phi) is 3.48. The summed E-state index contributed by atoms with van der Waals surface area (Å²) in [5, 5.41) is 2.89. The van der Waals surface area contributed by atoms with Gasteiger partial charge in [0.2, 0.25) is 5.91 Å². The van der Waals surface area contributed by atoms with E-state index in [-0.39, 0.29) is 22.8 Å². The van der Waals surface area contributed by atoms with Crippen molar-refractivity contribution in [2.75, 3.05) is 11.9 Å². The summed E-state index contributed by atoms with van der Waals surface area (Å²) in [4.78, 5) is 14.6. The van der Waals surface area contributed by atoms with Crippen LogP contribution in [0.4, 0.5) is 5.69 Å². The van der Waals surface area contributed by atoms with E-state index in [1.807, 2.05) is 0 Å². The van der Waals surface area contributed by atoms with Crippen LogP contribution >= 0.6 is 23.2 Å². The number of pyridine rings is 1. The van der Waals surface area contributed by atoms with Crippen molar-refractivity contribution in [3.63, 3.8) is 0 Å². The molecule has 0 fully saturated rings. The molecule has 13 heavy (non-hydrogen) atoms. The fourth-order valence-corrected chi connectivity index (χ4v) is 1.10. The lowest BCUT2D eigenvalue weighted by atomic mass is 10.4. The highest BCUT2D eigenvalue weighted by Crippen LogP contribution is 2.20. The van der Waals surface area contributed by atoms with Crippen molar-refractivity contribution in [3.8, 4) is 0 Å². The number of halogens is 2. The van der Waals surface area contributed by atoms with E-state index in [0.29, 0.717) is 5.69 Å². The standard InChI is InChI=1S/C7H7Cl2N3O/c8-5-2-1-4(7(9)12-5)11-6(13)3-10/h1-2H,3,10H2,(H,11,13). The van der Waals surface area contributed by atoms with Gasteiger partial charge in [0.15, 0.2) is 5.15 Å². The van der Waals surface area contributed by atoms with E-state index in [9.17, 15) is 4.79 Å². The molecule has 0 bridgehead atoms. The molecule has 1 heterocycles. The van der Waals surface area contributed by atoms with E-state index in [2.05, 4.69) is 10.3 Å². The normalized spacial score (nSPS) is 9.77. The monoisotopic (exact) mass is 219 g/mol. The number of hydrogen-bond acceptors (Lipinski definition) is 3. The van der Waals surface area contributed by atoms with E-state index in [1.54, 1.807) is 6.07 Å². The van der Waals surface area contributed by atoms with Crippen LogP contribution in [0.15, 0.2) is 12.1 Å². The Balaban J connectivity index is 2.83. The number of carbonyl (C=O) groups is 1. The molecule has 0 aromatic carbocycles. The Morgan fingerprint density at radius 2 is 2.23 bits per heavy atom. The molecule has 3 N–H and O–H groups in total. The van der Waals surface area contributed by atoms with Gasteiger partial charge in [0, 0.05) is 0 Å². The van der Waals surface area contributed by atoms with Gasteiger partial charge in [0.1, 0.15) is 5.15 Å². The van der Waals surface area contributed by atoms with E-state index >= 15 is 0 Å². The fraction of sp³-hybridized carbons (Fsp3) is 0.143. The van der Waals surface area contributed by atoms with Crippen molar-refractivity contribution in [2.24, 2.45) is 5.73 Å². The summed E-state index contributed by atoms with van der Waals surface area (Å²) in [7, 11) is 0. The van der Waals surface area contributed by atoms with Crippen LogP contribution in [0.5, 0.6) is 0 Å². The van der Waals surface area contributed by atoms with Gasteiger partial charge in [-0.2, -0.15) is 0 Å². The Hall–Kier alpha value is -0.840. The van der Waals surface area contributed by atoms with Crippen LogP contribution in [0.1, 0.15) is 0 Å². The van der Waals surface area contributed by atoms with Crippen LogP contribution in [-0.2, 0) is 4.79 Å². The molecule has 0 aliphatic rings. The first-order valence-corrected chi connectivity index (χ1v) is 4.21. The number of anilines is 1. The first-order chi connectivity index (χ1) is 6.13. The maximum absolute atomic E-state index is 10.9. The fourth-order valence-electron chi connectivity index (χ4n) is 0.707. The average molecular weight is 220 g/mol. The molecule has 1 aromatic heterocycles. The SMILES string of the molecule is NCC(=O)Nc1ccc(Cl)nc1Cl. The van der Waals surface area contributed by atoms with Gasteiger partial charge >= 0.3 is 0 Å². The lowest BCUT2D eigenvalue weighted by molar-refractivity contribution is -0.114. The number of rotatable bonds is 2. The van der Waals surface area contributed by atoms with Crippen LogP contribution in [0.2, 0.25) is 10.3 Å². The maximum atomic E-state index is 10.9. The molecular formula is C7H7Cl2N3O. The van der Waals surface area contributed by atoms with Gasteiger partial charge in [-0.3, -0.25) is 4.79 Å². The molecule has 0 saturated heterocycles. The molecule has 0 aliphatic carbocycles. The van der Waals surface area contributed by atoms with E-state index in [0.717, 1.165) is 0 Å². The number of carbonyl (C=O) groups excluding carboxylic acids is 1. The van der Waals surface area contributed by atoms with E-state index in [1.165, 1.54) is 6.07 Å². The van der Waals surface area contributed by atoms with Crippen LogP contribution in [0, 0.1) is 0 Å². The molecule has 0 saturated carbocycles. The van der Waals surface area contributed by atoms with Crippen molar-refractivity contribution >= 4 is 34.8 Å². The summed E-state index contributed by atoms with van der Waals surface area (Å²) in [5.41, 5.74) is 5.50. The average Bonchev–Trinajstić information content (AvgIpc) is 2.09. The van der Waals surface area contributed by atoms with Crippen molar-refractivity contribution < 1.29 is 4.79 Å². The molecule has 4 nitrogen and oxygen atoms in total. The first kappa shape index (κ1) is 10.2. The summed E-state index contributed by atoms with van der Waals surface area (Å²) in [6, 6.07) is 3.09. The minimum atomic E-state index is -0.328. The number of nitrogens with two attached hydrogens (primary N) is 1. The van der Waals surface area contributed by atoms with E-state index < -0.39 is 0 Å². The molecule has 1 amide bonds. The second-order valence-corrected chi connectivity index (χ2v) is 2.97. The highest BCUT2D eigenvalue weighted by atomic mass is 35.5. The van der Waals surface area contributed by atoms with Crippen LogP contribution in [0.25, 0.3) is 0 Å². The Morgan fingerprint density at radius 1 is 1.54 bits per heavy atom. The molecule has 70 valence electrons. The van der Waals surface area contributed by atoms with Crippen LogP contribution in [-0.4, -0.2) is 17.4 Å². The van der Waals surface area contributed by atoms with Gasteiger partial charge in [-0.1, -0.05) is 23.2 Å². The first-order valence-electron chi connectivity index (χ1n) is 3.45. The summed E-state index contributed by atoms with van der Waals surface area (Å²) in [6.07, 6.45) is 0. The molecular weight excluding hydrogens is 213 g/mol. The Labute approximate surface area is 85.0 Å². The Bertz CT molecular complexity index is 330. The van der Waals surface area contributed by atoms with Crippen molar-refractivity contribution in [1.82, 2.24) is 4.98 Å². The lowest BCUT2D eigenvalue weighted by Gasteiger charge is -2.04.